The van der Waals surface area contributed by atoms with Gasteiger partial charge in [0.25, 0.3) is 0 Å². The Morgan fingerprint density at radius 2 is 1.25 bits per heavy atom. The number of aliphatic hydroxyl groups is 3. The van der Waals surface area contributed by atoms with Crippen LogP contribution in [0.1, 0.15) is 45.4 Å². The van der Waals surface area contributed by atoms with Gasteiger partial charge in [0, 0.05) is 6.42 Å². The highest BCUT2D eigenvalue weighted by Gasteiger charge is 2.12. The zero-order chi connectivity index (χ0) is 12.6. The smallest absolute Gasteiger partial charge is 0.0568 e. The normalized spacial score (nSPS) is 17.4. The Hall–Kier alpha value is -0.200. The molecule has 5 heteroatoms. The van der Waals surface area contributed by atoms with Crippen molar-refractivity contribution in [2.45, 2.75) is 69.9 Å². The fourth-order valence-corrected chi connectivity index (χ4v) is 1.55. The molecule has 3 unspecified atom stereocenters. The average molecular weight is 234 g/mol. The molecule has 0 aromatic heterocycles. The van der Waals surface area contributed by atoms with Crippen LogP contribution in [0.15, 0.2) is 0 Å². The molecule has 0 fully saturated rings. The van der Waals surface area contributed by atoms with E-state index in [0.29, 0.717) is 38.5 Å². The number of hydrogen-bond acceptors (Lipinski definition) is 5. The Kier molecular flexibility index (Phi) is 8.78. The SMILES string of the molecule is CCC(O)CCC(O)CCC(O)CC(N)N. The van der Waals surface area contributed by atoms with Gasteiger partial charge in [-0.1, -0.05) is 6.92 Å². The van der Waals surface area contributed by atoms with Gasteiger partial charge in [0.15, 0.2) is 0 Å². The lowest BCUT2D eigenvalue weighted by atomic mass is 10.0. The molecular formula is C11H26N2O3. The van der Waals surface area contributed by atoms with E-state index in [0.717, 1.165) is 0 Å². The van der Waals surface area contributed by atoms with E-state index in [1.165, 1.54) is 0 Å². The van der Waals surface area contributed by atoms with Crippen LogP contribution in [0.3, 0.4) is 0 Å². The molecule has 0 aliphatic heterocycles. The molecule has 5 nitrogen and oxygen atoms in total. The first-order chi connectivity index (χ1) is 7.45. The maximum absolute atomic E-state index is 9.59. The maximum Gasteiger partial charge on any atom is 0.0568 e. The highest BCUT2D eigenvalue weighted by molar-refractivity contribution is 4.66. The lowest BCUT2D eigenvalue weighted by Crippen LogP contribution is -2.34. The molecule has 0 aromatic carbocycles. The minimum Gasteiger partial charge on any atom is -0.393 e. The van der Waals surface area contributed by atoms with Crippen molar-refractivity contribution in [2.24, 2.45) is 11.5 Å². The summed E-state index contributed by atoms with van der Waals surface area (Å²) in [5, 5.41) is 28.4. The summed E-state index contributed by atoms with van der Waals surface area (Å²) in [7, 11) is 0. The van der Waals surface area contributed by atoms with Crippen molar-refractivity contribution in [1.82, 2.24) is 0 Å². The zero-order valence-electron chi connectivity index (χ0n) is 10.0. The molecule has 7 N–H and O–H groups in total. The van der Waals surface area contributed by atoms with Gasteiger partial charge in [0.2, 0.25) is 0 Å². The fourth-order valence-electron chi connectivity index (χ4n) is 1.55. The van der Waals surface area contributed by atoms with Gasteiger partial charge in [-0.3, -0.25) is 0 Å². The second kappa shape index (κ2) is 8.90. The lowest BCUT2D eigenvalue weighted by Gasteiger charge is -2.16. The summed E-state index contributed by atoms with van der Waals surface area (Å²) >= 11 is 0. The van der Waals surface area contributed by atoms with Crippen LogP contribution < -0.4 is 11.5 Å². The Labute approximate surface area is 97.5 Å². The van der Waals surface area contributed by atoms with E-state index in [1.54, 1.807) is 0 Å². The Morgan fingerprint density at radius 1 is 0.812 bits per heavy atom. The van der Waals surface area contributed by atoms with Crippen LogP contribution in [0, 0.1) is 0 Å². The molecule has 0 aromatic rings. The molecule has 3 atom stereocenters. The Balaban J connectivity index is 3.52. The molecule has 0 bridgehead atoms. The molecule has 0 aliphatic carbocycles. The number of nitrogens with two attached hydrogens (primary N) is 2. The van der Waals surface area contributed by atoms with Crippen molar-refractivity contribution >= 4 is 0 Å². The third-order valence-electron chi connectivity index (χ3n) is 2.68. The average Bonchev–Trinajstić information content (AvgIpc) is 2.22. The van der Waals surface area contributed by atoms with Crippen molar-refractivity contribution in [3.05, 3.63) is 0 Å². The summed E-state index contributed by atoms with van der Waals surface area (Å²) in [5.74, 6) is 0. The van der Waals surface area contributed by atoms with Crippen LogP contribution in [0.4, 0.5) is 0 Å². The van der Waals surface area contributed by atoms with Crippen molar-refractivity contribution in [3.63, 3.8) is 0 Å². The zero-order valence-corrected chi connectivity index (χ0v) is 10.0. The second-order valence-electron chi connectivity index (χ2n) is 4.42. The monoisotopic (exact) mass is 234 g/mol. The predicted octanol–water partition coefficient (Wildman–Crippen LogP) is -0.327. The highest BCUT2D eigenvalue weighted by atomic mass is 16.3. The van der Waals surface area contributed by atoms with Gasteiger partial charge in [0.1, 0.15) is 0 Å². The third-order valence-corrected chi connectivity index (χ3v) is 2.68. The molecule has 0 saturated heterocycles. The van der Waals surface area contributed by atoms with E-state index in [2.05, 4.69) is 0 Å². The lowest BCUT2D eigenvalue weighted by molar-refractivity contribution is 0.0832. The molecule has 16 heavy (non-hydrogen) atoms. The van der Waals surface area contributed by atoms with Crippen molar-refractivity contribution in [1.29, 1.82) is 0 Å². The number of hydrogen-bond donors (Lipinski definition) is 5. The van der Waals surface area contributed by atoms with Crippen molar-refractivity contribution in [2.75, 3.05) is 0 Å². The third kappa shape index (κ3) is 9.06. The van der Waals surface area contributed by atoms with E-state index >= 15 is 0 Å². The Bertz CT molecular complexity index is 167. The van der Waals surface area contributed by atoms with Crippen LogP contribution in [-0.4, -0.2) is 39.8 Å². The van der Waals surface area contributed by atoms with Gasteiger partial charge >= 0.3 is 0 Å². The van der Waals surface area contributed by atoms with Gasteiger partial charge in [-0.25, -0.2) is 0 Å². The summed E-state index contributed by atoms with van der Waals surface area (Å²) in [6.45, 7) is 1.91. The minimum absolute atomic E-state index is 0.336. The molecule has 0 rings (SSSR count). The van der Waals surface area contributed by atoms with E-state index in [4.69, 9.17) is 11.5 Å². The largest absolute Gasteiger partial charge is 0.393 e. The van der Waals surface area contributed by atoms with Crippen LogP contribution in [0.25, 0.3) is 0 Å². The molecule has 0 amide bonds. The number of rotatable bonds is 9. The molecule has 0 saturated carbocycles. The van der Waals surface area contributed by atoms with E-state index in [-0.39, 0.29) is 6.10 Å². The quantitative estimate of drug-likeness (QED) is 0.351. The van der Waals surface area contributed by atoms with E-state index in [9.17, 15) is 15.3 Å². The summed E-state index contributed by atoms with van der Waals surface area (Å²) in [6.07, 6.45) is 1.38. The molecule has 0 spiro atoms. The highest BCUT2D eigenvalue weighted by Crippen LogP contribution is 2.11. The summed E-state index contributed by atoms with van der Waals surface area (Å²) in [5.41, 5.74) is 10.7. The van der Waals surface area contributed by atoms with Crippen LogP contribution in [-0.2, 0) is 0 Å². The summed E-state index contributed by atoms with van der Waals surface area (Å²) in [6, 6.07) is 0. The molecule has 98 valence electrons. The first-order valence-electron chi connectivity index (χ1n) is 6.01. The van der Waals surface area contributed by atoms with E-state index < -0.39 is 18.4 Å². The van der Waals surface area contributed by atoms with Gasteiger partial charge in [-0.15, -0.1) is 0 Å². The minimum atomic E-state index is -0.550. The van der Waals surface area contributed by atoms with Gasteiger partial charge in [0.05, 0.1) is 24.5 Å². The standard InChI is InChI=1S/C11H26N2O3/c1-2-8(14)3-4-9(15)5-6-10(16)7-11(12)13/h8-11,14-16H,2-7,12-13H2,1H3. The van der Waals surface area contributed by atoms with Crippen LogP contribution in [0.5, 0.6) is 0 Å². The van der Waals surface area contributed by atoms with Gasteiger partial charge < -0.3 is 26.8 Å². The molecule has 0 heterocycles. The fraction of sp³-hybridized carbons (Fsp3) is 1.00. The van der Waals surface area contributed by atoms with E-state index in [1.807, 2.05) is 6.92 Å². The second-order valence-corrected chi connectivity index (χ2v) is 4.42. The van der Waals surface area contributed by atoms with Crippen molar-refractivity contribution in [3.8, 4) is 0 Å². The summed E-state index contributed by atoms with van der Waals surface area (Å²) < 4.78 is 0. The summed E-state index contributed by atoms with van der Waals surface area (Å²) in [4.78, 5) is 0. The molecule has 0 radical (unpaired) electrons. The molecular weight excluding hydrogens is 208 g/mol. The van der Waals surface area contributed by atoms with Crippen LogP contribution in [0.2, 0.25) is 0 Å². The molecule has 0 aliphatic rings. The van der Waals surface area contributed by atoms with Crippen molar-refractivity contribution < 1.29 is 15.3 Å². The predicted molar refractivity (Wildman–Crippen MR) is 63.6 cm³/mol. The van der Waals surface area contributed by atoms with Crippen LogP contribution >= 0.6 is 0 Å². The number of aliphatic hydroxyl groups excluding tert-OH is 3. The topological polar surface area (TPSA) is 113 Å². The maximum atomic E-state index is 9.59. The first-order valence-corrected chi connectivity index (χ1v) is 6.01. The Morgan fingerprint density at radius 3 is 1.69 bits per heavy atom. The van der Waals surface area contributed by atoms with Gasteiger partial charge in [-0.05, 0) is 32.1 Å². The van der Waals surface area contributed by atoms with Gasteiger partial charge in [-0.2, -0.15) is 0 Å². The first kappa shape index (κ1) is 15.8.